The van der Waals surface area contributed by atoms with Crippen LogP contribution in [-0.4, -0.2) is 40.1 Å². The first-order valence-corrected chi connectivity index (χ1v) is 8.03. The van der Waals surface area contributed by atoms with Crippen molar-refractivity contribution < 1.29 is 23.1 Å². The van der Waals surface area contributed by atoms with Crippen molar-refractivity contribution in [1.29, 1.82) is 0 Å². The molecule has 0 atom stereocenters. The second-order valence-corrected chi connectivity index (χ2v) is 6.63. The molecule has 0 radical (unpaired) electrons. The molecule has 0 saturated carbocycles. The van der Waals surface area contributed by atoms with E-state index in [1.54, 1.807) is 11.8 Å². The van der Waals surface area contributed by atoms with Gasteiger partial charge in [-0.3, -0.25) is 4.79 Å². The number of alkyl halides is 3. The Morgan fingerprint density at radius 1 is 1.35 bits per heavy atom. The van der Waals surface area contributed by atoms with Crippen LogP contribution in [-0.2, 0) is 6.18 Å². The Hall–Kier alpha value is -1.67. The van der Waals surface area contributed by atoms with Gasteiger partial charge >= 0.3 is 6.18 Å². The second kappa shape index (κ2) is 5.76. The number of halogens is 3. The number of thiophene rings is 1. The Bertz CT molecular complexity index is 749. The first kappa shape index (κ1) is 16.2. The van der Waals surface area contributed by atoms with Crippen LogP contribution in [0, 0.1) is 6.92 Å². The van der Waals surface area contributed by atoms with Gasteiger partial charge in [0.1, 0.15) is 10.5 Å². The molecule has 0 aromatic carbocycles. The number of aliphatic hydroxyl groups is 1. The van der Waals surface area contributed by atoms with Crippen molar-refractivity contribution in [3.8, 4) is 0 Å². The van der Waals surface area contributed by atoms with Gasteiger partial charge in [0.2, 0.25) is 0 Å². The normalized spacial score (nSPS) is 17.0. The Morgan fingerprint density at radius 2 is 2.00 bits per heavy atom. The molecule has 124 valence electrons. The van der Waals surface area contributed by atoms with Crippen LogP contribution in [0.5, 0.6) is 0 Å². The Balaban J connectivity index is 1.95. The number of aryl methyl sites for hydroxylation is 1. The number of likely N-dealkylation sites (tertiary alicyclic amines) is 1. The number of pyridine rings is 1. The lowest BCUT2D eigenvalue weighted by molar-refractivity contribution is -0.140. The molecule has 0 bridgehead atoms. The van der Waals surface area contributed by atoms with Crippen LogP contribution in [0.2, 0.25) is 0 Å². The molecule has 1 N–H and O–H groups in total. The molecule has 3 heterocycles. The summed E-state index contributed by atoms with van der Waals surface area (Å²) in [5.74, 6) is -0.203. The largest absolute Gasteiger partial charge is 0.433 e. The predicted octanol–water partition coefficient (Wildman–Crippen LogP) is 3.22. The number of hydrogen-bond acceptors (Lipinski definition) is 4. The molecule has 23 heavy (non-hydrogen) atoms. The molecule has 1 amide bonds. The standard InChI is InChI=1S/C15H15F3N2O2S/c1-8-10-2-3-11(15(16,17)18)19-13(10)23-12(8)14(22)20-6-4-9(21)5-7-20/h2-3,9,21H,4-7H2,1H3. The summed E-state index contributed by atoms with van der Waals surface area (Å²) in [4.78, 5) is 18.5. The molecule has 8 heteroatoms. The van der Waals surface area contributed by atoms with Gasteiger partial charge in [-0.2, -0.15) is 13.2 Å². The fraction of sp³-hybridized carbons (Fsp3) is 0.467. The van der Waals surface area contributed by atoms with E-state index < -0.39 is 18.0 Å². The highest BCUT2D eigenvalue weighted by molar-refractivity contribution is 7.20. The molecule has 1 aliphatic heterocycles. The number of aromatic nitrogens is 1. The van der Waals surface area contributed by atoms with Crippen molar-refractivity contribution in [2.24, 2.45) is 0 Å². The molecule has 3 rings (SSSR count). The lowest BCUT2D eigenvalue weighted by atomic mass is 10.1. The lowest BCUT2D eigenvalue weighted by Gasteiger charge is -2.29. The Morgan fingerprint density at radius 3 is 2.61 bits per heavy atom. The summed E-state index contributed by atoms with van der Waals surface area (Å²) in [6.45, 7) is 2.63. The van der Waals surface area contributed by atoms with E-state index in [0.29, 0.717) is 41.8 Å². The number of carbonyl (C=O) groups is 1. The van der Waals surface area contributed by atoms with Crippen LogP contribution in [0.25, 0.3) is 10.2 Å². The summed E-state index contributed by atoms with van der Waals surface area (Å²) < 4.78 is 38.3. The van der Waals surface area contributed by atoms with Gasteiger partial charge in [0.15, 0.2) is 0 Å². The van der Waals surface area contributed by atoms with Gasteiger partial charge < -0.3 is 10.0 Å². The maximum absolute atomic E-state index is 12.8. The van der Waals surface area contributed by atoms with Crippen LogP contribution in [0.1, 0.15) is 33.8 Å². The van der Waals surface area contributed by atoms with E-state index in [0.717, 1.165) is 17.4 Å². The number of fused-ring (bicyclic) bond motifs is 1. The molecule has 1 saturated heterocycles. The van der Waals surface area contributed by atoms with Crippen LogP contribution in [0.15, 0.2) is 12.1 Å². The van der Waals surface area contributed by atoms with Crippen molar-refractivity contribution in [3.05, 3.63) is 28.3 Å². The molecule has 0 aliphatic carbocycles. The summed E-state index contributed by atoms with van der Waals surface area (Å²) in [7, 11) is 0. The maximum Gasteiger partial charge on any atom is 0.433 e. The van der Waals surface area contributed by atoms with Crippen molar-refractivity contribution in [2.45, 2.75) is 32.0 Å². The zero-order valence-electron chi connectivity index (χ0n) is 12.4. The number of piperidine rings is 1. The van der Waals surface area contributed by atoms with E-state index in [4.69, 9.17) is 0 Å². The fourth-order valence-electron chi connectivity index (χ4n) is 2.67. The van der Waals surface area contributed by atoms with Gasteiger partial charge in [-0.1, -0.05) is 0 Å². The molecular weight excluding hydrogens is 329 g/mol. The minimum atomic E-state index is -4.50. The number of amides is 1. The molecule has 0 spiro atoms. The highest BCUT2D eigenvalue weighted by atomic mass is 32.1. The number of hydrogen-bond donors (Lipinski definition) is 1. The molecule has 2 aromatic rings. The Labute approximate surface area is 134 Å². The number of carbonyl (C=O) groups excluding carboxylic acids is 1. The minimum absolute atomic E-state index is 0.203. The van der Waals surface area contributed by atoms with Gasteiger partial charge in [-0.05, 0) is 37.5 Å². The number of nitrogens with zero attached hydrogens (tertiary/aromatic N) is 2. The van der Waals surface area contributed by atoms with Gasteiger partial charge in [0.25, 0.3) is 5.91 Å². The Kier molecular flexibility index (Phi) is 4.05. The third-order valence-corrected chi connectivity index (χ3v) is 5.23. The van der Waals surface area contributed by atoms with Crippen molar-refractivity contribution in [1.82, 2.24) is 9.88 Å². The van der Waals surface area contributed by atoms with E-state index in [9.17, 15) is 23.1 Å². The summed E-state index contributed by atoms with van der Waals surface area (Å²) >= 11 is 0.992. The van der Waals surface area contributed by atoms with E-state index >= 15 is 0 Å². The molecular formula is C15H15F3N2O2S. The van der Waals surface area contributed by atoms with Crippen LogP contribution in [0.3, 0.4) is 0 Å². The fourth-order valence-corrected chi connectivity index (χ4v) is 3.82. The van der Waals surface area contributed by atoms with Crippen LogP contribution >= 0.6 is 11.3 Å². The van der Waals surface area contributed by atoms with E-state index in [1.807, 2.05) is 0 Å². The average Bonchev–Trinajstić information content (AvgIpc) is 2.83. The third kappa shape index (κ3) is 3.05. The topological polar surface area (TPSA) is 53.4 Å². The highest BCUT2D eigenvalue weighted by Crippen LogP contribution is 2.35. The van der Waals surface area contributed by atoms with Crippen LogP contribution in [0.4, 0.5) is 13.2 Å². The molecule has 4 nitrogen and oxygen atoms in total. The van der Waals surface area contributed by atoms with E-state index in [-0.39, 0.29) is 10.7 Å². The summed E-state index contributed by atoms with van der Waals surface area (Å²) in [5.41, 5.74) is -0.298. The van der Waals surface area contributed by atoms with Crippen LogP contribution < -0.4 is 0 Å². The molecule has 0 unspecified atom stereocenters. The smallest absolute Gasteiger partial charge is 0.393 e. The zero-order valence-corrected chi connectivity index (χ0v) is 13.2. The van der Waals surface area contributed by atoms with E-state index in [2.05, 4.69) is 4.98 Å². The summed E-state index contributed by atoms with van der Waals surface area (Å²) in [6, 6.07) is 2.31. The number of aliphatic hydroxyl groups excluding tert-OH is 1. The molecule has 2 aromatic heterocycles. The van der Waals surface area contributed by atoms with Gasteiger partial charge in [0.05, 0.1) is 11.0 Å². The lowest BCUT2D eigenvalue weighted by Crippen LogP contribution is -2.39. The monoisotopic (exact) mass is 344 g/mol. The summed E-state index contributed by atoms with van der Waals surface area (Å²) in [6.07, 6.45) is -3.85. The highest BCUT2D eigenvalue weighted by Gasteiger charge is 2.33. The minimum Gasteiger partial charge on any atom is -0.393 e. The van der Waals surface area contributed by atoms with E-state index in [1.165, 1.54) is 6.07 Å². The SMILES string of the molecule is Cc1c(C(=O)N2CCC(O)CC2)sc2nc(C(F)(F)F)ccc12. The molecule has 1 fully saturated rings. The van der Waals surface area contributed by atoms with Crippen molar-refractivity contribution in [3.63, 3.8) is 0 Å². The zero-order chi connectivity index (χ0) is 16.8. The second-order valence-electron chi connectivity index (χ2n) is 5.63. The van der Waals surface area contributed by atoms with Crippen molar-refractivity contribution >= 4 is 27.5 Å². The average molecular weight is 344 g/mol. The van der Waals surface area contributed by atoms with Gasteiger partial charge in [0, 0.05) is 18.5 Å². The van der Waals surface area contributed by atoms with Gasteiger partial charge in [-0.15, -0.1) is 11.3 Å². The summed E-state index contributed by atoms with van der Waals surface area (Å²) in [5, 5.41) is 10.1. The van der Waals surface area contributed by atoms with Crippen molar-refractivity contribution in [2.75, 3.05) is 13.1 Å². The molecule has 1 aliphatic rings. The number of rotatable bonds is 1. The quantitative estimate of drug-likeness (QED) is 0.864. The predicted molar refractivity (Wildman–Crippen MR) is 80.5 cm³/mol. The first-order chi connectivity index (χ1) is 10.8. The first-order valence-electron chi connectivity index (χ1n) is 7.22. The van der Waals surface area contributed by atoms with Gasteiger partial charge in [-0.25, -0.2) is 4.98 Å². The third-order valence-electron chi connectivity index (χ3n) is 4.04. The maximum atomic E-state index is 12.8.